The van der Waals surface area contributed by atoms with Crippen LogP contribution in [0.25, 0.3) is 0 Å². The van der Waals surface area contributed by atoms with E-state index in [2.05, 4.69) is 32.7 Å². The molecule has 1 saturated carbocycles. The van der Waals surface area contributed by atoms with Gasteiger partial charge < -0.3 is 9.31 Å². The number of halogens is 1. The van der Waals surface area contributed by atoms with Crippen LogP contribution in [0.5, 0.6) is 0 Å². The predicted octanol–water partition coefficient (Wildman–Crippen LogP) is 3.30. The molecule has 1 aromatic heterocycles. The summed E-state index contributed by atoms with van der Waals surface area (Å²) in [7, 11) is -0.397. The van der Waals surface area contributed by atoms with Gasteiger partial charge in [0.25, 0.3) is 0 Å². The van der Waals surface area contributed by atoms with E-state index in [0.717, 1.165) is 5.46 Å². The zero-order valence-corrected chi connectivity index (χ0v) is 13.3. The summed E-state index contributed by atoms with van der Waals surface area (Å²) < 4.78 is 12.3. The fourth-order valence-electron chi connectivity index (χ4n) is 2.71. The highest BCUT2D eigenvalue weighted by Crippen LogP contribution is 2.40. The first-order valence-electron chi connectivity index (χ1n) is 7.31. The van der Waals surface area contributed by atoms with E-state index in [0.29, 0.717) is 10.9 Å². The van der Waals surface area contributed by atoms with Gasteiger partial charge in [0.1, 0.15) is 0 Å². The van der Waals surface area contributed by atoms with Crippen molar-refractivity contribution < 1.29 is 9.31 Å². The Kier molecular flexibility index (Phi) is 3.39. The first-order chi connectivity index (χ1) is 9.32. The van der Waals surface area contributed by atoms with E-state index in [4.69, 9.17) is 20.9 Å². The highest BCUT2D eigenvalue weighted by atomic mass is 35.5. The van der Waals surface area contributed by atoms with Gasteiger partial charge in [0.2, 0.25) is 0 Å². The highest BCUT2D eigenvalue weighted by molar-refractivity contribution is 6.66. The van der Waals surface area contributed by atoms with Gasteiger partial charge in [-0.05, 0) is 52.0 Å². The lowest BCUT2D eigenvalue weighted by Crippen LogP contribution is -2.41. The Morgan fingerprint density at radius 3 is 2.25 bits per heavy atom. The van der Waals surface area contributed by atoms with Crippen LogP contribution in [-0.2, 0) is 9.31 Å². The molecule has 5 heteroatoms. The maximum Gasteiger partial charge on any atom is 0.496 e. The molecule has 1 aliphatic heterocycles. The summed E-state index contributed by atoms with van der Waals surface area (Å²) in [6, 6.07) is 0. The number of rotatable bonds is 2. The van der Waals surface area contributed by atoms with Crippen LogP contribution in [0.15, 0.2) is 12.4 Å². The quantitative estimate of drug-likeness (QED) is 0.784. The average molecular weight is 294 g/mol. The third-order valence-corrected chi connectivity index (χ3v) is 5.30. The molecule has 0 N–H and O–H groups in total. The molecule has 2 aliphatic rings. The maximum absolute atomic E-state index is 6.40. The Hall–Kier alpha value is -0.575. The number of nitrogens with zero attached hydrogens (tertiary/aromatic N) is 1. The summed E-state index contributed by atoms with van der Waals surface area (Å²) in [5, 5.41) is 0.646. The lowest BCUT2D eigenvalue weighted by molar-refractivity contribution is 0.00578. The minimum atomic E-state index is -0.397. The van der Waals surface area contributed by atoms with Crippen molar-refractivity contribution in [1.82, 2.24) is 4.98 Å². The molecule has 0 amide bonds. The monoisotopic (exact) mass is 293 g/mol. The lowest BCUT2D eigenvalue weighted by Gasteiger charge is -2.32. The fraction of sp³-hybridized carbons (Fsp3) is 0.667. The Bertz CT molecular complexity index is 513. The van der Waals surface area contributed by atoms with E-state index in [1.165, 1.54) is 24.8 Å². The van der Waals surface area contributed by atoms with Crippen LogP contribution >= 0.6 is 11.6 Å². The zero-order valence-electron chi connectivity index (χ0n) is 12.6. The molecule has 2 heterocycles. The molecule has 1 aromatic rings. The molecule has 0 unspecified atom stereocenters. The molecule has 0 atom stereocenters. The van der Waals surface area contributed by atoms with Crippen LogP contribution in [0.3, 0.4) is 0 Å². The van der Waals surface area contributed by atoms with Crippen molar-refractivity contribution in [2.24, 2.45) is 0 Å². The van der Waals surface area contributed by atoms with Gasteiger partial charge in [0.05, 0.1) is 16.2 Å². The van der Waals surface area contributed by atoms with Gasteiger partial charge in [-0.1, -0.05) is 18.0 Å². The predicted molar refractivity (Wildman–Crippen MR) is 81.6 cm³/mol. The summed E-state index contributed by atoms with van der Waals surface area (Å²) in [5.74, 6) is 0.551. The molecule has 3 rings (SSSR count). The molecule has 0 aromatic carbocycles. The standard InChI is InChI=1S/C15H21BClNO2/c1-14(2)15(3,4)20-16(19-14)13-11(10-6-5-7-10)8-18-9-12(13)17/h8-10H,5-7H2,1-4H3. The van der Waals surface area contributed by atoms with Crippen molar-refractivity contribution in [2.45, 2.75) is 64.1 Å². The third kappa shape index (κ3) is 2.18. The Balaban J connectivity index is 1.99. The van der Waals surface area contributed by atoms with E-state index in [1.54, 1.807) is 6.20 Å². The number of hydrogen-bond acceptors (Lipinski definition) is 3. The number of hydrogen-bond donors (Lipinski definition) is 0. The topological polar surface area (TPSA) is 31.4 Å². The summed E-state index contributed by atoms with van der Waals surface area (Å²) in [6.07, 6.45) is 7.29. The molecular formula is C15H21BClNO2. The van der Waals surface area contributed by atoms with Gasteiger partial charge in [-0.2, -0.15) is 0 Å². The van der Waals surface area contributed by atoms with E-state index >= 15 is 0 Å². The second-order valence-corrected chi connectivity index (χ2v) is 7.25. The van der Waals surface area contributed by atoms with Crippen LogP contribution in [0, 0.1) is 0 Å². The van der Waals surface area contributed by atoms with Gasteiger partial charge in [0.15, 0.2) is 0 Å². The van der Waals surface area contributed by atoms with Crippen LogP contribution in [0.2, 0.25) is 5.02 Å². The molecular weight excluding hydrogens is 272 g/mol. The zero-order chi connectivity index (χ0) is 14.5. The molecule has 0 radical (unpaired) electrons. The smallest absolute Gasteiger partial charge is 0.399 e. The molecule has 2 fully saturated rings. The van der Waals surface area contributed by atoms with Gasteiger partial charge in [-0.3, -0.25) is 4.98 Å². The second kappa shape index (κ2) is 4.72. The van der Waals surface area contributed by atoms with Crippen molar-refractivity contribution >= 4 is 24.2 Å². The van der Waals surface area contributed by atoms with E-state index in [1.807, 2.05) is 6.20 Å². The molecule has 0 spiro atoms. The maximum atomic E-state index is 6.40. The molecule has 1 saturated heterocycles. The minimum Gasteiger partial charge on any atom is -0.399 e. The normalized spacial score (nSPS) is 24.8. The summed E-state index contributed by atoms with van der Waals surface area (Å²) in [5.41, 5.74) is 1.48. The molecule has 3 nitrogen and oxygen atoms in total. The summed E-state index contributed by atoms with van der Waals surface area (Å²) in [4.78, 5) is 4.25. The van der Waals surface area contributed by atoms with Gasteiger partial charge in [-0.25, -0.2) is 0 Å². The second-order valence-electron chi connectivity index (χ2n) is 6.84. The van der Waals surface area contributed by atoms with Crippen LogP contribution in [0.4, 0.5) is 0 Å². The highest BCUT2D eigenvalue weighted by Gasteiger charge is 2.53. The van der Waals surface area contributed by atoms with E-state index < -0.39 is 7.12 Å². The van der Waals surface area contributed by atoms with Crippen LogP contribution in [0.1, 0.15) is 58.4 Å². The largest absolute Gasteiger partial charge is 0.496 e. The summed E-state index contributed by atoms with van der Waals surface area (Å²) in [6.45, 7) is 8.24. The third-order valence-electron chi connectivity index (χ3n) is 5.00. The Morgan fingerprint density at radius 2 is 1.75 bits per heavy atom. The molecule has 1 aliphatic carbocycles. The van der Waals surface area contributed by atoms with E-state index in [-0.39, 0.29) is 11.2 Å². The molecule has 0 bridgehead atoms. The fourth-order valence-corrected chi connectivity index (χ4v) is 2.97. The minimum absolute atomic E-state index is 0.346. The van der Waals surface area contributed by atoms with E-state index in [9.17, 15) is 0 Å². The van der Waals surface area contributed by atoms with Gasteiger partial charge in [0, 0.05) is 17.9 Å². The average Bonchev–Trinajstić information content (AvgIpc) is 2.45. The Morgan fingerprint density at radius 1 is 1.15 bits per heavy atom. The van der Waals surface area contributed by atoms with Crippen molar-refractivity contribution in [3.63, 3.8) is 0 Å². The van der Waals surface area contributed by atoms with Crippen molar-refractivity contribution in [1.29, 1.82) is 0 Å². The molecule has 20 heavy (non-hydrogen) atoms. The van der Waals surface area contributed by atoms with Gasteiger partial charge in [-0.15, -0.1) is 0 Å². The van der Waals surface area contributed by atoms with Crippen molar-refractivity contribution in [3.05, 3.63) is 23.0 Å². The Labute approximate surface area is 126 Å². The van der Waals surface area contributed by atoms with Crippen molar-refractivity contribution in [3.8, 4) is 0 Å². The number of pyridine rings is 1. The first-order valence-corrected chi connectivity index (χ1v) is 7.68. The van der Waals surface area contributed by atoms with Gasteiger partial charge >= 0.3 is 7.12 Å². The van der Waals surface area contributed by atoms with Crippen LogP contribution in [-0.4, -0.2) is 23.3 Å². The van der Waals surface area contributed by atoms with Crippen LogP contribution < -0.4 is 5.46 Å². The van der Waals surface area contributed by atoms with Crippen molar-refractivity contribution in [2.75, 3.05) is 0 Å². The number of aromatic nitrogens is 1. The molecule has 108 valence electrons. The first kappa shape index (κ1) is 14.4. The lowest BCUT2D eigenvalue weighted by atomic mass is 9.69. The summed E-state index contributed by atoms with van der Waals surface area (Å²) >= 11 is 6.40. The SMILES string of the molecule is CC1(C)OB(c2c(Cl)cncc2C2CCC2)OC1(C)C.